The van der Waals surface area contributed by atoms with E-state index in [-0.39, 0.29) is 18.0 Å². The summed E-state index contributed by atoms with van der Waals surface area (Å²) >= 11 is 0. The topological polar surface area (TPSA) is 119 Å². The number of hydrazine groups is 2. The minimum Gasteiger partial charge on any atom is -0.395 e. The Bertz CT molecular complexity index is 898. The molecule has 1 aliphatic rings. The maximum atomic E-state index is 12.0. The number of aromatic nitrogens is 1. The zero-order valence-corrected chi connectivity index (χ0v) is 15.0. The zero-order chi connectivity index (χ0) is 18.6. The summed E-state index contributed by atoms with van der Waals surface area (Å²) < 4.78 is 26.3. The minimum absolute atomic E-state index is 0.0236. The van der Waals surface area contributed by atoms with Crippen molar-refractivity contribution in [2.45, 2.75) is 18.4 Å². The number of benzene rings is 1. The molecule has 0 fully saturated rings. The van der Waals surface area contributed by atoms with Crippen molar-refractivity contribution in [3.05, 3.63) is 59.4 Å². The van der Waals surface area contributed by atoms with Crippen LogP contribution in [0.2, 0.25) is 0 Å². The average molecular weight is 376 g/mol. The molecular formula is C16H20N6O3S. The monoisotopic (exact) mass is 376 g/mol. The molecule has 0 atom stereocenters. The van der Waals surface area contributed by atoms with Gasteiger partial charge in [-0.3, -0.25) is 10.4 Å². The van der Waals surface area contributed by atoms with Gasteiger partial charge >= 0.3 is 0 Å². The molecule has 0 saturated carbocycles. The fraction of sp³-hybridized carbons (Fsp3) is 0.250. The maximum absolute atomic E-state index is 12.0. The van der Waals surface area contributed by atoms with Gasteiger partial charge in [-0.2, -0.15) is 0 Å². The van der Waals surface area contributed by atoms with Crippen LogP contribution in [0.1, 0.15) is 17.0 Å². The number of aryl methyl sites for hydroxylation is 1. The molecule has 0 aliphatic carbocycles. The molecule has 0 amide bonds. The van der Waals surface area contributed by atoms with Crippen LogP contribution in [0.3, 0.4) is 0 Å². The molecule has 26 heavy (non-hydrogen) atoms. The predicted octanol–water partition coefficient (Wildman–Crippen LogP) is -0.153. The molecule has 1 aromatic heterocycles. The highest BCUT2D eigenvalue weighted by atomic mass is 32.2. The Balaban J connectivity index is 1.70. The Morgan fingerprint density at radius 2 is 1.96 bits per heavy atom. The van der Waals surface area contributed by atoms with Gasteiger partial charge in [-0.05, 0) is 43.3 Å². The van der Waals surface area contributed by atoms with E-state index in [0.29, 0.717) is 12.4 Å². The molecule has 9 nitrogen and oxygen atoms in total. The number of aliphatic hydroxyl groups is 1. The molecule has 1 aliphatic heterocycles. The van der Waals surface area contributed by atoms with E-state index in [4.69, 9.17) is 5.11 Å². The molecular weight excluding hydrogens is 356 g/mol. The number of pyridine rings is 1. The fourth-order valence-corrected chi connectivity index (χ4v) is 3.41. The Morgan fingerprint density at radius 3 is 2.65 bits per heavy atom. The van der Waals surface area contributed by atoms with Crippen LogP contribution in [0.15, 0.2) is 52.5 Å². The van der Waals surface area contributed by atoms with Crippen LogP contribution in [0.25, 0.3) is 0 Å². The molecule has 138 valence electrons. The number of rotatable bonds is 7. The van der Waals surface area contributed by atoms with Crippen LogP contribution >= 0.6 is 0 Å². The lowest BCUT2D eigenvalue weighted by Crippen LogP contribution is -2.38. The van der Waals surface area contributed by atoms with E-state index in [1.807, 2.05) is 25.1 Å². The van der Waals surface area contributed by atoms with Crippen molar-refractivity contribution in [2.24, 2.45) is 5.10 Å². The third-order valence-electron chi connectivity index (χ3n) is 3.62. The summed E-state index contributed by atoms with van der Waals surface area (Å²) in [6.45, 7) is 2.13. The highest BCUT2D eigenvalue weighted by molar-refractivity contribution is 7.89. The smallest absolute Gasteiger partial charge is 0.240 e. The number of nitrogens with one attached hydrogen (secondary N) is 3. The van der Waals surface area contributed by atoms with Crippen LogP contribution in [-0.4, -0.2) is 42.6 Å². The molecule has 0 unspecified atom stereocenters. The summed E-state index contributed by atoms with van der Waals surface area (Å²) in [6, 6.07) is 12.1. The standard InChI is InChI=1S/C16H20N6O3S/c1-12-3-2-4-14(18-12)11-22-20-16(19-21-22)13-5-7-15(8-6-13)26(24,25)17-9-10-23/h2-8,17,21,23H,9-11H2,1H3,(H,19,20). The molecule has 0 bridgehead atoms. The first-order valence-corrected chi connectivity index (χ1v) is 9.47. The lowest BCUT2D eigenvalue weighted by atomic mass is 10.2. The van der Waals surface area contributed by atoms with Gasteiger partial charge in [0.05, 0.1) is 23.7 Å². The average Bonchev–Trinajstić information content (AvgIpc) is 3.09. The number of sulfonamides is 1. The van der Waals surface area contributed by atoms with E-state index in [1.165, 1.54) is 12.1 Å². The van der Waals surface area contributed by atoms with Gasteiger partial charge in [0.1, 0.15) is 0 Å². The summed E-state index contributed by atoms with van der Waals surface area (Å²) in [4.78, 5) is 4.55. The molecule has 10 heteroatoms. The quantitative estimate of drug-likeness (QED) is 0.530. The molecule has 2 heterocycles. The Kier molecular flexibility index (Phi) is 5.47. The SMILES string of the molecule is Cc1cccc(CN2N=C(c3ccc(S(=O)(=O)NCCO)cc3)NN2)n1. The van der Waals surface area contributed by atoms with Crippen molar-refractivity contribution in [1.29, 1.82) is 0 Å². The van der Waals surface area contributed by atoms with Gasteiger partial charge in [0.2, 0.25) is 10.0 Å². The number of hydrazone groups is 1. The largest absolute Gasteiger partial charge is 0.395 e. The molecule has 1 aromatic carbocycles. The van der Waals surface area contributed by atoms with Gasteiger partial charge in [0.15, 0.2) is 5.84 Å². The van der Waals surface area contributed by atoms with E-state index < -0.39 is 10.0 Å². The summed E-state index contributed by atoms with van der Waals surface area (Å²) in [5.74, 6) is 0.574. The minimum atomic E-state index is -3.62. The van der Waals surface area contributed by atoms with Gasteiger partial charge in [-0.1, -0.05) is 6.07 Å². The number of nitrogens with zero attached hydrogens (tertiary/aromatic N) is 3. The Labute approximate surface area is 151 Å². The molecule has 0 radical (unpaired) electrons. The number of amidine groups is 1. The van der Waals surface area contributed by atoms with Gasteiger partial charge < -0.3 is 5.11 Å². The normalized spacial score (nSPS) is 14.2. The first-order chi connectivity index (χ1) is 12.5. The third kappa shape index (κ3) is 4.35. The van der Waals surface area contributed by atoms with Crippen LogP contribution in [0.5, 0.6) is 0 Å². The van der Waals surface area contributed by atoms with Gasteiger partial charge in [-0.25, -0.2) is 18.3 Å². The van der Waals surface area contributed by atoms with Crippen molar-refractivity contribution >= 4 is 15.9 Å². The van der Waals surface area contributed by atoms with Gasteiger partial charge in [0.25, 0.3) is 0 Å². The van der Waals surface area contributed by atoms with Crippen LogP contribution in [-0.2, 0) is 16.6 Å². The molecule has 0 spiro atoms. The van der Waals surface area contributed by atoms with E-state index >= 15 is 0 Å². The van der Waals surface area contributed by atoms with Gasteiger partial charge in [0, 0.05) is 17.8 Å². The van der Waals surface area contributed by atoms with Crippen molar-refractivity contribution in [3.8, 4) is 0 Å². The second-order valence-electron chi connectivity index (χ2n) is 5.66. The highest BCUT2D eigenvalue weighted by Gasteiger charge is 2.17. The summed E-state index contributed by atoms with van der Waals surface area (Å²) in [7, 11) is -3.62. The zero-order valence-electron chi connectivity index (χ0n) is 14.2. The van der Waals surface area contributed by atoms with Crippen molar-refractivity contribution in [2.75, 3.05) is 13.2 Å². The number of hydrogen-bond donors (Lipinski definition) is 4. The van der Waals surface area contributed by atoms with Crippen molar-refractivity contribution in [3.63, 3.8) is 0 Å². The highest BCUT2D eigenvalue weighted by Crippen LogP contribution is 2.12. The lowest BCUT2D eigenvalue weighted by Gasteiger charge is -2.12. The third-order valence-corrected chi connectivity index (χ3v) is 5.10. The van der Waals surface area contributed by atoms with E-state index in [9.17, 15) is 8.42 Å². The fourth-order valence-electron chi connectivity index (χ4n) is 2.39. The van der Waals surface area contributed by atoms with Gasteiger partial charge in [-0.15, -0.1) is 10.6 Å². The molecule has 0 saturated heterocycles. The molecule has 3 rings (SSSR count). The summed E-state index contributed by atoms with van der Waals surface area (Å²) in [6.07, 6.45) is 0. The van der Waals surface area contributed by atoms with Crippen molar-refractivity contribution < 1.29 is 13.5 Å². The molecule has 2 aromatic rings. The summed E-state index contributed by atoms with van der Waals surface area (Å²) in [5.41, 5.74) is 8.42. The Morgan fingerprint density at radius 1 is 1.19 bits per heavy atom. The van der Waals surface area contributed by atoms with Crippen LogP contribution in [0.4, 0.5) is 0 Å². The second-order valence-corrected chi connectivity index (χ2v) is 7.43. The molecule has 4 N–H and O–H groups in total. The van der Waals surface area contributed by atoms with Crippen LogP contribution < -0.4 is 15.7 Å². The maximum Gasteiger partial charge on any atom is 0.240 e. The van der Waals surface area contributed by atoms with Crippen molar-refractivity contribution in [1.82, 2.24) is 25.8 Å². The first-order valence-electron chi connectivity index (χ1n) is 7.99. The predicted molar refractivity (Wildman–Crippen MR) is 96.0 cm³/mol. The van der Waals surface area contributed by atoms with E-state index in [1.54, 1.807) is 17.3 Å². The first kappa shape index (κ1) is 18.3. The lowest BCUT2D eigenvalue weighted by molar-refractivity contribution is 0.194. The second kappa shape index (κ2) is 7.79. The Hall–Kier alpha value is -2.53. The number of hydrogen-bond acceptors (Lipinski definition) is 8. The van der Waals surface area contributed by atoms with Crippen LogP contribution in [0, 0.1) is 6.92 Å². The van der Waals surface area contributed by atoms with E-state index in [2.05, 4.69) is 25.8 Å². The number of aliphatic hydroxyl groups excluding tert-OH is 1. The summed E-state index contributed by atoms with van der Waals surface area (Å²) in [5, 5.41) is 14.8. The van der Waals surface area contributed by atoms with E-state index in [0.717, 1.165) is 17.0 Å².